The molecule has 1 aliphatic heterocycles. The van der Waals surface area contributed by atoms with E-state index in [0.29, 0.717) is 3.92 Å². The number of amides is 1. The van der Waals surface area contributed by atoms with Crippen molar-refractivity contribution >= 4 is 28.7 Å². The zero-order valence-corrected chi connectivity index (χ0v) is 18.5. The van der Waals surface area contributed by atoms with Crippen LogP contribution in [0.2, 0.25) is 0 Å². The van der Waals surface area contributed by atoms with Crippen LogP contribution in [0.1, 0.15) is 20.8 Å². The second-order valence-electron chi connectivity index (χ2n) is 3.98. The third kappa shape index (κ3) is 8.76. The third-order valence-electron chi connectivity index (χ3n) is 1.49. The van der Waals surface area contributed by atoms with Gasteiger partial charge in [-0.2, -0.15) is 0 Å². The minimum absolute atomic E-state index is 0. The average molecular weight is 602 g/mol. The zero-order chi connectivity index (χ0) is 9.35. The van der Waals surface area contributed by atoms with Gasteiger partial charge < -0.3 is 57.6 Å². The first-order valence-electron chi connectivity index (χ1n) is 4.00. The summed E-state index contributed by atoms with van der Waals surface area (Å²) in [7, 11) is 0. The van der Waals surface area contributed by atoms with Gasteiger partial charge in [0, 0.05) is 17.0 Å². The number of rotatable bonds is 0. The largest absolute Gasteiger partial charge is 2.00 e. The number of alkyl halides is 1. The first kappa shape index (κ1) is 22.3. The molecule has 15 heavy (non-hydrogen) atoms. The van der Waals surface area contributed by atoms with Crippen molar-refractivity contribution in [3.8, 4) is 0 Å². The van der Waals surface area contributed by atoms with Gasteiger partial charge >= 0.3 is 25.6 Å². The first-order chi connectivity index (χ1) is 5.38. The molecule has 86 valence electrons. The van der Waals surface area contributed by atoms with Crippen LogP contribution in [0.5, 0.6) is 0 Å². The van der Waals surface area contributed by atoms with Gasteiger partial charge in [-0.15, -0.1) is 0 Å². The van der Waals surface area contributed by atoms with Crippen molar-refractivity contribution in [1.29, 1.82) is 0 Å². The van der Waals surface area contributed by atoms with E-state index in [1.807, 2.05) is 20.8 Å². The maximum Gasteiger partial charge on any atom is 2.00 e. The topological polar surface area (TPSA) is 29.5 Å². The van der Waals surface area contributed by atoms with Gasteiger partial charge in [0.05, 0.1) is 0 Å². The molecule has 0 aromatic carbocycles. The summed E-state index contributed by atoms with van der Waals surface area (Å²) >= 11 is 2.33. The summed E-state index contributed by atoms with van der Waals surface area (Å²) in [6.07, 6.45) is -0.185. The molecule has 1 saturated heterocycles. The molecule has 1 fully saturated rings. The fourth-order valence-electron chi connectivity index (χ4n) is 0.900. The molecular formula is C8H14I3NO2Zn. The maximum absolute atomic E-state index is 11.3. The van der Waals surface area contributed by atoms with Crippen LogP contribution in [-0.2, 0) is 24.2 Å². The second-order valence-corrected chi connectivity index (χ2v) is 5.74. The van der Waals surface area contributed by atoms with E-state index in [4.69, 9.17) is 4.74 Å². The van der Waals surface area contributed by atoms with Crippen LogP contribution in [-0.4, -0.2) is 33.6 Å². The fraction of sp³-hybridized carbons (Fsp3) is 0.875. The predicted octanol–water partition coefficient (Wildman–Crippen LogP) is -3.95. The normalized spacial score (nSPS) is 15.1. The Bertz CT molecular complexity index is 193. The van der Waals surface area contributed by atoms with Crippen molar-refractivity contribution in [3.05, 3.63) is 0 Å². The van der Waals surface area contributed by atoms with Crippen LogP contribution in [0, 0.1) is 0 Å². The summed E-state index contributed by atoms with van der Waals surface area (Å²) in [4.78, 5) is 13.0. The number of nitrogens with zero attached hydrogens (tertiary/aromatic N) is 1. The van der Waals surface area contributed by atoms with E-state index in [2.05, 4.69) is 22.6 Å². The Kier molecular flexibility index (Phi) is 13.5. The van der Waals surface area contributed by atoms with Gasteiger partial charge in [-0.3, -0.25) is 0 Å². The van der Waals surface area contributed by atoms with E-state index in [1.165, 1.54) is 0 Å². The van der Waals surface area contributed by atoms with Gasteiger partial charge in [0.25, 0.3) is 0 Å². The molecule has 1 amide bonds. The Morgan fingerprint density at radius 1 is 1.33 bits per heavy atom. The van der Waals surface area contributed by atoms with Crippen LogP contribution in [0.4, 0.5) is 4.79 Å². The molecule has 1 heterocycles. The zero-order valence-electron chi connectivity index (χ0n) is 9.10. The van der Waals surface area contributed by atoms with Gasteiger partial charge in [0.2, 0.25) is 0 Å². The minimum atomic E-state index is -0.368. The van der Waals surface area contributed by atoms with Gasteiger partial charge in [-0.1, -0.05) is 22.6 Å². The number of halogens is 3. The van der Waals surface area contributed by atoms with Crippen molar-refractivity contribution in [1.82, 2.24) is 4.90 Å². The molecule has 0 aliphatic carbocycles. The van der Waals surface area contributed by atoms with E-state index < -0.39 is 0 Å². The van der Waals surface area contributed by atoms with Gasteiger partial charge in [0.15, 0.2) is 0 Å². The molecule has 0 aromatic rings. The summed E-state index contributed by atoms with van der Waals surface area (Å²) < 4.78 is 5.78. The molecular weight excluding hydrogens is 588 g/mol. The first-order valence-corrected chi connectivity index (χ1v) is 5.25. The number of hydrogen-bond acceptors (Lipinski definition) is 2. The van der Waals surface area contributed by atoms with Crippen LogP contribution >= 0.6 is 22.6 Å². The number of ether oxygens (including phenoxy) is 1. The second kappa shape index (κ2) is 9.07. The Labute approximate surface area is 152 Å². The summed E-state index contributed by atoms with van der Waals surface area (Å²) in [5.41, 5.74) is -0.368. The minimum Gasteiger partial charge on any atom is -1.00 e. The van der Waals surface area contributed by atoms with Gasteiger partial charge in [-0.25, -0.2) is 4.79 Å². The Hall–Kier alpha value is 2.08. The molecule has 0 spiro atoms. The monoisotopic (exact) mass is 601 g/mol. The predicted molar refractivity (Wildman–Crippen MR) is 55.6 cm³/mol. The summed E-state index contributed by atoms with van der Waals surface area (Å²) in [5, 5.41) is 0. The average Bonchev–Trinajstić information content (AvgIpc) is 1.76. The Morgan fingerprint density at radius 3 is 2.00 bits per heavy atom. The molecule has 1 aliphatic rings. The van der Waals surface area contributed by atoms with Crippen molar-refractivity contribution in [2.24, 2.45) is 0 Å². The van der Waals surface area contributed by atoms with E-state index in [1.54, 1.807) is 4.90 Å². The summed E-state index contributed by atoms with van der Waals surface area (Å²) in [6.45, 7) is 7.30. The van der Waals surface area contributed by atoms with E-state index in [-0.39, 0.29) is 79.1 Å². The van der Waals surface area contributed by atoms with Crippen LogP contribution in [0.3, 0.4) is 0 Å². The van der Waals surface area contributed by atoms with Crippen molar-refractivity contribution in [3.63, 3.8) is 0 Å². The van der Waals surface area contributed by atoms with Crippen LogP contribution in [0.25, 0.3) is 0 Å². The van der Waals surface area contributed by atoms with Crippen molar-refractivity contribution in [2.45, 2.75) is 30.3 Å². The number of carbonyl (C=O) groups is 1. The molecule has 1 rings (SSSR count). The molecule has 0 aromatic heterocycles. The Morgan fingerprint density at radius 2 is 1.73 bits per heavy atom. The SMILES string of the molecule is CC(C)(C)OC(=O)N1CC(I)C1.[I-].[I-].[Zn+2]. The van der Waals surface area contributed by atoms with E-state index >= 15 is 0 Å². The van der Waals surface area contributed by atoms with E-state index in [0.717, 1.165) is 13.1 Å². The smallest absolute Gasteiger partial charge is 1.00 e. The van der Waals surface area contributed by atoms with E-state index in [9.17, 15) is 4.79 Å². The molecule has 0 radical (unpaired) electrons. The molecule has 3 nitrogen and oxygen atoms in total. The number of carbonyl (C=O) groups excluding carboxylic acids is 1. The quantitative estimate of drug-likeness (QED) is 0.161. The summed E-state index contributed by atoms with van der Waals surface area (Å²) in [5.74, 6) is 0. The van der Waals surface area contributed by atoms with Crippen molar-refractivity contribution < 1.29 is 77.0 Å². The standard InChI is InChI=1S/C8H14INO2.2HI.Zn/c1-8(2,3)12-7(11)10-4-6(9)5-10;;;/h6H,4-5H2,1-3H3;2*1H;/q;;;+2/p-2. The molecule has 0 atom stereocenters. The van der Waals surface area contributed by atoms with Gasteiger partial charge in [-0.05, 0) is 20.8 Å². The number of hydrogen-bond donors (Lipinski definition) is 0. The van der Waals surface area contributed by atoms with Crippen LogP contribution in [0.15, 0.2) is 0 Å². The molecule has 0 unspecified atom stereocenters. The molecule has 7 heteroatoms. The third-order valence-corrected chi connectivity index (χ3v) is 2.28. The fourth-order valence-corrected chi connectivity index (χ4v) is 1.85. The maximum atomic E-state index is 11.3. The molecule has 0 saturated carbocycles. The van der Waals surface area contributed by atoms with Crippen molar-refractivity contribution in [2.75, 3.05) is 13.1 Å². The number of likely N-dealkylation sites (tertiary alicyclic amines) is 1. The van der Waals surface area contributed by atoms with Crippen LogP contribution < -0.4 is 48.0 Å². The summed E-state index contributed by atoms with van der Waals surface area (Å²) in [6, 6.07) is 0. The Balaban J connectivity index is -0.000000480. The molecule has 0 bridgehead atoms. The molecule has 0 N–H and O–H groups in total. The van der Waals surface area contributed by atoms with Gasteiger partial charge in [0.1, 0.15) is 5.60 Å².